The second kappa shape index (κ2) is 5.22. The number of nitroso groups, excluding NO2 is 1. The minimum Gasteiger partial charge on any atom is -0.489 e. The summed E-state index contributed by atoms with van der Waals surface area (Å²) in [5.41, 5.74) is 2.33. The van der Waals surface area contributed by atoms with Crippen LogP contribution in [0.1, 0.15) is 23.5 Å². The molecule has 2 aromatic carbocycles. The van der Waals surface area contributed by atoms with Crippen LogP contribution in [0.4, 0.5) is 0 Å². The van der Waals surface area contributed by atoms with E-state index in [1.807, 2.05) is 54.6 Å². The minimum absolute atomic E-state index is 0.0175. The molecule has 3 heteroatoms. The molecule has 0 N–H and O–H groups in total. The molecular formula is C16H15NO2. The van der Waals surface area contributed by atoms with Crippen molar-refractivity contribution in [2.45, 2.75) is 25.0 Å². The molecule has 0 unspecified atom stereocenters. The van der Waals surface area contributed by atoms with Gasteiger partial charge in [0.25, 0.3) is 0 Å². The summed E-state index contributed by atoms with van der Waals surface area (Å²) in [6.07, 6.45) is 0.883. The van der Waals surface area contributed by atoms with Crippen LogP contribution >= 0.6 is 0 Å². The van der Waals surface area contributed by atoms with E-state index >= 15 is 0 Å². The molecule has 2 atom stereocenters. The lowest BCUT2D eigenvalue weighted by atomic mass is 10.1. The SMILES string of the molecule is O=N[C@@H]1C[C@H]1c1ccc(OCc2ccccc2)cc1. The zero-order valence-electron chi connectivity index (χ0n) is 10.5. The summed E-state index contributed by atoms with van der Waals surface area (Å²) in [5, 5.41) is 3.07. The fraction of sp³-hybridized carbons (Fsp3) is 0.250. The lowest BCUT2D eigenvalue weighted by Crippen LogP contribution is -1.95. The third-order valence-electron chi connectivity index (χ3n) is 3.45. The van der Waals surface area contributed by atoms with Gasteiger partial charge in [-0.2, -0.15) is 4.91 Å². The van der Waals surface area contributed by atoms with Crippen molar-refractivity contribution in [3.63, 3.8) is 0 Å². The first kappa shape index (κ1) is 11.9. The smallest absolute Gasteiger partial charge is 0.119 e. The maximum atomic E-state index is 10.4. The first-order chi connectivity index (χ1) is 9.36. The van der Waals surface area contributed by atoms with Gasteiger partial charge in [-0.25, -0.2) is 0 Å². The summed E-state index contributed by atoms with van der Waals surface area (Å²) in [6, 6.07) is 18.0. The average Bonchev–Trinajstić information content (AvgIpc) is 3.26. The van der Waals surface area contributed by atoms with Crippen LogP contribution in [-0.4, -0.2) is 6.04 Å². The van der Waals surface area contributed by atoms with Gasteiger partial charge in [-0.05, 0) is 29.7 Å². The highest BCUT2D eigenvalue weighted by Gasteiger charge is 2.39. The van der Waals surface area contributed by atoms with Crippen LogP contribution in [0.2, 0.25) is 0 Å². The monoisotopic (exact) mass is 253 g/mol. The van der Waals surface area contributed by atoms with E-state index in [2.05, 4.69) is 5.18 Å². The van der Waals surface area contributed by atoms with Gasteiger partial charge >= 0.3 is 0 Å². The molecule has 1 aliphatic rings. The van der Waals surface area contributed by atoms with Crippen molar-refractivity contribution in [2.24, 2.45) is 5.18 Å². The van der Waals surface area contributed by atoms with E-state index in [9.17, 15) is 4.91 Å². The van der Waals surface area contributed by atoms with Crippen molar-refractivity contribution < 1.29 is 4.74 Å². The minimum atomic E-state index is -0.0175. The molecule has 2 aromatic rings. The Morgan fingerprint density at radius 2 is 1.79 bits per heavy atom. The number of nitrogens with zero attached hydrogens (tertiary/aromatic N) is 1. The highest BCUT2D eigenvalue weighted by molar-refractivity contribution is 5.34. The van der Waals surface area contributed by atoms with Crippen LogP contribution in [0.15, 0.2) is 59.8 Å². The number of hydrogen-bond acceptors (Lipinski definition) is 3. The Hall–Kier alpha value is -2.16. The van der Waals surface area contributed by atoms with E-state index in [0.717, 1.165) is 17.7 Å². The van der Waals surface area contributed by atoms with Crippen LogP contribution in [0.5, 0.6) is 5.75 Å². The number of ether oxygens (including phenoxy) is 1. The predicted molar refractivity (Wildman–Crippen MR) is 74.2 cm³/mol. The Kier molecular flexibility index (Phi) is 3.27. The number of hydrogen-bond donors (Lipinski definition) is 0. The molecule has 0 aliphatic heterocycles. The van der Waals surface area contributed by atoms with Crippen molar-refractivity contribution >= 4 is 0 Å². The fourth-order valence-electron chi connectivity index (χ4n) is 2.21. The van der Waals surface area contributed by atoms with Gasteiger partial charge in [0, 0.05) is 5.92 Å². The molecule has 19 heavy (non-hydrogen) atoms. The van der Waals surface area contributed by atoms with E-state index in [0.29, 0.717) is 12.5 Å². The maximum Gasteiger partial charge on any atom is 0.119 e. The third-order valence-corrected chi connectivity index (χ3v) is 3.45. The van der Waals surface area contributed by atoms with E-state index < -0.39 is 0 Å². The van der Waals surface area contributed by atoms with E-state index in [1.165, 1.54) is 5.56 Å². The molecule has 3 rings (SSSR count). The van der Waals surface area contributed by atoms with Gasteiger partial charge in [0.2, 0.25) is 0 Å². The molecule has 0 saturated heterocycles. The molecule has 0 radical (unpaired) electrons. The van der Waals surface area contributed by atoms with Gasteiger partial charge in [-0.3, -0.25) is 0 Å². The highest BCUT2D eigenvalue weighted by Crippen LogP contribution is 2.43. The second-order valence-corrected chi connectivity index (χ2v) is 4.86. The topological polar surface area (TPSA) is 38.7 Å². The van der Waals surface area contributed by atoms with Gasteiger partial charge in [0.05, 0.1) is 6.04 Å². The Balaban J connectivity index is 1.59. The maximum absolute atomic E-state index is 10.4. The first-order valence-electron chi connectivity index (χ1n) is 6.46. The van der Waals surface area contributed by atoms with Crippen molar-refractivity contribution in [2.75, 3.05) is 0 Å². The van der Waals surface area contributed by atoms with Gasteiger partial charge in [0.15, 0.2) is 0 Å². The van der Waals surface area contributed by atoms with Gasteiger partial charge < -0.3 is 4.74 Å². The summed E-state index contributed by atoms with van der Waals surface area (Å²) < 4.78 is 5.72. The quantitative estimate of drug-likeness (QED) is 0.758. The van der Waals surface area contributed by atoms with Crippen LogP contribution in [0, 0.1) is 4.91 Å². The summed E-state index contributed by atoms with van der Waals surface area (Å²) in [4.78, 5) is 10.4. The summed E-state index contributed by atoms with van der Waals surface area (Å²) in [7, 11) is 0. The Morgan fingerprint density at radius 1 is 1.05 bits per heavy atom. The molecule has 0 bridgehead atoms. The van der Waals surface area contributed by atoms with Gasteiger partial charge in [-0.15, -0.1) is 0 Å². The lowest BCUT2D eigenvalue weighted by molar-refractivity contribution is 0.306. The first-order valence-corrected chi connectivity index (χ1v) is 6.46. The summed E-state index contributed by atoms with van der Waals surface area (Å²) in [6.45, 7) is 0.572. The molecule has 1 aliphatic carbocycles. The number of rotatable bonds is 5. The average molecular weight is 253 g/mol. The normalized spacial score (nSPS) is 20.8. The van der Waals surface area contributed by atoms with Crippen molar-refractivity contribution in [3.8, 4) is 5.75 Å². The van der Waals surface area contributed by atoms with E-state index in [1.54, 1.807) is 0 Å². The largest absolute Gasteiger partial charge is 0.489 e. The summed E-state index contributed by atoms with van der Waals surface area (Å²) >= 11 is 0. The van der Waals surface area contributed by atoms with Crippen molar-refractivity contribution in [1.82, 2.24) is 0 Å². The molecular weight excluding hydrogens is 238 g/mol. The zero-order valence-corrected chi connectivity index (χ0v) is 10.5. The Labute approximate surface area is 112 Å². The van der Waals surface area contributed by atoms with Crippen LogP contribution < -0.4 is 4.74 Å². The highest BCUT2D eigenvalue weighted by atomic mass is 16.5. The van der Waals surface area contributed by atoms with Gasteiger partial charge in [0.1, 0.15) is 12.4 Å². The Morgan fingerprint density at radius 3 is 2.42 bits per heavy atom. The zero-order chi connectivity index (χ0) is 13.1. The number of benzene rings is 2. The van der Waals surface area contributed by atoms with Crippen molar-refractivity contribution in [1.29, 1.82) is 0 Å². The molecule has 0 heterocycles. The molecule has 0 amide bonds. The van der Waals surface area contributed by atoms with E-state index in [4.69, 9.17) is 4.74 Å². The second-order valence-electron chi connectivity index (χ2n) is 4.86. The van der Waals surface area contributed by atoms with Gasteiger partial charge in [-0.1, -0.05) is 47.6 Å². The molecule has 0 aromatic heterocycles. The van der Waals surface area contributed by atoms with Crippen LogP contribution in [0.3, 0.4) is 0 Å². The van der Waals surface area contributed by atoms with Crippen LogP contribution in [-0.2, 0) is 6.61 Å². The molecule has 96 valence electrons. The lowest BCUT2D eigenvalue weighted by Gasteiger charge is -2.07. The fourth-order valence-corrected chi connectivity index (χ4v) is 2.21. The standard InChI is InChI=1S/C16H15NO2/c18-17-16-10-15(16)13-6-8-14(9-7-13)19-11-12-4-2-1-3-5-12/h1-9,15-16H,10-11H2/t15-,16+/m0/s1. The Bertz CT molecular complexity index is 551. The molecule has 3 nitrogen and oxygen atoms in total. The molecule has 1 fully saturated rings. The van der Waals surface area contributed by atoms with Crippen LogP contribution in [0.25, 0.3) is 0 Å². The van der Waals surface area contributed by atoms with E-state index in [-0.39, 0.29) is 6.04 Å². The summed E-state index contributed by atoms with van der Waals surface area (Å²) in [5.74, 6) is 1.17. The third kappa shape index (κ3) is 2.81. The molecule has 1 saturated carbocycles. The molecule has 0 spiro atoms. The van der Waals surface area contributed by atoms with Crippen molar-refractivity contribution in [3.05, 3.63) is 70.6 Å². The predicted octanol–water partition coefficient (Wildman–Crippen LogP) is 3.89.